The number of aromatic nitrogens is 1. The van der Waals surface area contributed by atoms with Gasteiger partial charge in [0.05, 0.1) is 12.6 Å². The van der Waals surface area contributed by atoms with E-state index in [0.717, 1.165) is 47.2 Å². The van der Waals surface area contributed by atoms with Gasteiger partial charge in [0.1, 0.15) is 40.2 Å². The maximum absolute atomic E-state index is 13.8. The number of nitrogens with one attached hydrogen (secondary N) is 1. The number of hydrogen-bond acceptors (Lipinski definition) is 11. The monoisotopic (exact) mass is 874 g/mol. The summed E-state index contributed by atoms with van der Waals surface area (Å²) in [6.45, 7) is 13.3. The van der Waals surface area contributed by atoms with Crippen molar-refractivity contribution < 1.29 is 33.3 Å². The molecule has 3 aromatic carbocycles. The molecule has 2 aliphatic rings. The third-order valence-corrected chi connectivity index (χ3v) is 12.2. The Kier molecular flexibility index (Phi) is 14.3. The fraction of sp³-hybridized carbons (Fsp3) is 0.467. The third-order valence-electron chi connectivity index (χ3n) is 10.6. The second-order valence-electron chi connectivity index (χ2n) is 16.2. The lowest BCUT2D eigenvalue weighted by Gasteiger charge is -2.35. The first kappa shape index (κ1) is 43.3. The molecule has 0 bridgehead atoms. The van der Waals surface area contributed by atoms with Crippen LogP contribution in [0.2, 0.25) is 0 Å². The number of benzene rings is 3. The van der Waals surface area contributed by atoms with Crippen LogP contribution in [0.5, 0.6) is 5.75 Å². The van der Waals surface area contributed by atoms with Gasteiger partial charge < -0.3 is 24.3 Å². The van der Waals surface area contributed by atoms with Gasteiger partial charge in [-0.15, -0.1) is 11.3 Å². The fourth-order valence-electron chi connectivity index (χ4n) is 8.14. The second-order valence-corrected chi connectivity index (χ2v) is 17.9. The highest BCUT2D eigenvalue weighted by molar-refractivity contribution is 9.10. The summed E-state index contributed by atoms with van der Waals surface area (Å²) in [6, 6.07) is 21.9. The molecular weight excluding hydrogens is 820 g/mol. The summed E-state index contributed by atoms with van der Waals surface area (Å²) in [5.74, 6) is -0.202. The summed E-state index contributed by atoms with van der Waals surface area (Å²) in [4.78, 5) is 49.8. The third kappa shape index (κ3) is 10.3. The number of nitrogens with zero attached hydrogens (tertiary/aromatic N) is 3. The van der Waals surface area contributed by atoms with E-state index in [0.29, 0.717) is 28.5 Å². The molecule has 1 aliphatic carbocycles. The number of thiazole rings is 1. The summed E-state index contributed by atoms with van der Waals surface area (Å²) in [6.07, 6.45) is 1.13. The fourth-order valence-corrected chi connectivity index (χ4v) is 9.60. The van der Waals surface area contributed by atoms with Crippen LogP contribution in [0.3, 0.4) is 0 Å². The van der Waals surface area contributed by atoms with Crippen LogP contribution in [-0.2, 0) is 30.3 Å². The van der Waals surface area contributed by atoms with Crippen LogP contribution < -0.4 is 10.1 Å². The lowest BCUT2D eigenvalue weighted by molar-refractivity contribution is -0.164. The van der Waals surface area contributed by atoms with Gasteiger partial charge in [-0.3, -0.25) is 14.6 Å². The molecular formula is C45H55BrN4O7S. The summed E-state index contributed by atoms with van der Waals surface area (Å²) in [7, 11) is 1.88. The quantitative estimate of drug-likeness (QED) is 0.0865. The Morgan fingerprint density at radius 2 is 1.60 bits per heavy atom. The predicted molar refractivity (Wildman–Crippen MR) is 229 cm³/mol. The zero-order valence-corrected chi connectivity index (χ0v) is 36.8. The molecule has 1 amide bonds. The number of esters is 2. The minimum Gasteiger partial charge on any atom is -0.492 e. The topological polar surface area (TPSA) is 120 Å². The van der Waals surface area contributed by atoms with Gasteiger partial charge in [-0.1, -0.05) is 80.6 Å². The van der Waals surface area contributed by atoms with E-state index >= 15 is 0 Å². The molecule has 11 nitrogen and oxygen atoms in total. The lowest BCUT2D eigenvalue weighted by atomic mass is 9.98. The van der Waals surface area contributed by atoms with Crippen LogP contribution in [-0.4, -0.2) is 90.0 Å². The van der Waals surface area contributed by atoms with Crippen molar-refractivity contribution in [3.8, 4) is 16.9 Å². The molecule has 0 spiro atoms. The molecule has 0 unspecified atom stereocenters. The Morgan fingerprint density at radius 3 is 2.22 bits per heavy atom. The zero-order chi connectivity index (χ0) is 41.6. The van der Waals surface area contributed by atoms with Crippen molar-refractivity contribution in [3.63, 3.8) is 0 Å². The van der Waals surface area contributed by atoms with Gasteiger partial charge in [-0.2, -0.15) is 0 Å². The number of hydrogen-bond donors (Lipinski definition) is 1. The Hall–Kier alpha value is -4.30. The largest absolute Gasteiger partial charge is 0.492 e. The highest BCUT2D eigenvalue weighted by Crippen LogP contribution is 2.44. The second kappa shape index (κ2) is 19.2. The molecule has 4 atom stereocenters. The summed E-state index contributed by atoms with van der Waals surface area (Å²) in [5, 5.41) is 5.32. The molecule has 1 N–H and O–H groups in total. The molecule has 1 saturated heterocycles. The van der Waals surface area contributed by atoms with Crippen LogP contribution in [0.25, 0.3) is 11.1 Å². The number of carbonyl (C=O) groups excluding carboxylic acids is 3. The molecule has 0 radical (unpaired) electrons. The van der Waals surface area contributed by atoms with Crippen LogP contribution in [0.4, 0.5) is 4.79 Å². The number of para-hydroxylation sites is 1. The maximum atomic E-state index is 13.8. The molecule has 4 aromatic rings. The van der Waals surface area contributed by atoms with Gasteiger partial charge in [-0.25, -0.2) is 14.6 Å². The van der Waals surface area contributed by atoms with Gasteiger partial charge in [0, 0.05) is 29.4 Å². The maximum Gasteiger partial charge on any atom is 0.407 e. The smallest absolute Gasteiger partial charge is 0.407 e. The number of rotatable bonds is 16. The van der Waals surface area contributed by atoms with Gasteiger partial charge in [-0.05, 0) is 104 Å². The van der Waals surface area contributed by atoms with Crippen molar-refractivity contribution in [1.82, 2.24) is 20.1 Å². The zero-order valence-electron chi connectivity index (χ0n) is 34.4. The first-order valence-corrected chi connectivity index (χ1v) is 21.7. The number of ether oxygens (including phenoxy) is 4. The number of likely N-dealkylation sites (tertiary alicyclic amines) is 1. The Balaban J connectivity index is 1.19. The van der Waals surface area contributed by atoms with Crippen molar-refractivity contribution in [3.05, 3.63) is 104 Å². The minimum atomic E-state index is -1.15. The summed E-state index contributed by atoms with van der Waals surface area (Å²) in [5.41, 5.74) is 4.73. The van der Waals surface area contributed by atoms with Crippen molar-refractivity contribution in [2.75, 3.05) is 33.4 Å². The Labute approximate surface area is 354 Å². The highest BCUT2D eigenvalue weighted by Gasteiger charge is 2.41. The van der Waals surface area contributed by atoms with Crippen LogP contribution in [0, 0.1) is 5.92 Å². The molecule has 13 heteroatoms. The van der Waals surface area contributed by atoms with E-state index in [-0.39, 0.29) is 43.1 Å². The first-order chi connectivity index (χ1) is 27.8. The number of carbonyl (C=O) groups is 3. The Bertz CT molecular complexity index is 2000. The highest BCUT2D eigenvalue weighted by atomic mass is 79.9. The summed E-state index contributed by atoms with van der Waals surface area (Å²) >= 11 is 4.86. The predicted octanol–water partition coefficient (Wildman–Crippen LogP) is 8.76. The molecule has 1 aliphatic heterocycles. The average molecular weight is 876 g/mol. The number of halogens is 1. The van der Waals surface area contributed by atoms with Crippen LogP contribution in [0.1, 0.15) is 88.0 Å². The van der Waals surface area contributed by atoms with E-state index < -0.39 is 29.7 Å². The number of alkyl carbamates (subject to hydrolysis) is 1. The molecule has 310 valence electrons. The van der Waals surface area contributed by atoms with Gasteiger partial charge in [0.25, 0.3) is 0 Å². The van der Waals surface area contributed by atoms with Gasteiger partial charge in [0.2, 0.25) is 0 Å². The normalized spacial score (nSPS) is 17.0. The number of amides is 1. The summed E-state index contributed by atoms with van der Waals surface area (Å²) < 4.78 is 24.5. The van der Waals surface area contributed by atoms with E-state index in [2.05, 4.69) is 64.3 Å². The van der Waals surface area contributed by atoms with Crippen molar-refractivity contribution >= 4 is 45.3 Å². The molecule has 0 saturated carbocycles. The molecule has 1 aromatic heterocycles. The lowest BCUT2D eigenvalue weighted by Crippen LogP contribution is -2.51. The Morgan fingerprint density at radius 1 is 0.948 bits per heavy atom. The molecule has 2 heterocycles. The molecule has 1 fully saturated rings. The SMILES string of the molecule is CCOC(=O)[C@@H](NC(=O)OCC1c2ccccc2-c2ccccc21)[C@@H](c1nc(Br)cs1)N(C)Cc1ccccc1OC[C@H]1CCCN1[C@H](C(=O)OC(C)(C)C)C(C)C. The first-order valence-electron chi connectivity index (χ1n) is 20.0. The van der Waals surface area contributed by atoms with E-state index in [1.807, 2.05) is 86.6 Å². The van der Waals surface area contributed by atoms with Gasteiger partial charge in [0.15, 0.2) is 6.04 Å². The van der Waals surface area contributed by atoms with E-state index in [9.17, 15) is 14.4 Å². The number of fused-ring (bicyclic) bond motifs is 3. The van der Waals surface area contributed by atoms with E-state index in [4.69, 9.17) is 23.9 Å². The molecule has 6 rings (SSSR count). The van der Waals surface area contributed by atoms with Crippen molar-refractivity contribution in [1.29, 1.82) is 0 Å². The van der Waals surface area contributed by atoms with E-state index in [1.54, 1.807) is 6.92 Å². The molecule has 58 heavy (non-hydrogen) atoms. The van der Waals surface area contributed by atoms with Gasteiger partial charge >= 0.3 is 18.0 Å². The van der Waals surface area contributed by atoms with Crippen molar-refractivity contribution in [2.24, 2.45) is 5.92 Å². The minimum absolute atomic E-state index is 0.0284. The average Bonchev–Trinajstić information content (AvgIpc) is 3.90. The number of likely N-dealkylation sites (N-methyl/N-ethyl adjacent to an activating group) is 1. The van der Waals surface area contributed by atoms with Crippen LogP contribution >= 0.6 is 27.3 Å². The van der Waals surface area contributed by atoms with E-state index in [1.165, 1.54) is 11.3 Å². The van der Waals surface area contributed by atoms with Crippen molar-refractivity contribution in [2.45, 2.75) is 96.6 Å². The van der Waals surface area contributed by atoms with Crippen LogP contribution in [0.15, 0.2) is 82.8 Å². The standard InChI is InChI=1S/C45H55BrN4O7S/c1-8-54-42(51)38(48-44(53)56-26-35-33-20-12-10-18-31(33)32-19-11-13-21-34(32)35)40(41-47-37(46)27-58-41)49(7)24-29-16-9-14-22-36(29)55-25-30-17-15-23-50(30)39(28(2)3)43(52)57-45(4,5)6/h9-14,16,18-22,27-28,30,35,38-40H,8,15,17,23-26H2,1-7H3,(H,48,53)/t30-,38+,39+,40+/m1/s1.